The number of alkyl halides is 3. The van der Waals surface area contributed by atoms with Crippen LogP contribution in [0.3, 0.4) is 0 Å². The molecule has 0 saturated carbocycles. The number of thioether (sulfide) groups is 1. The number of hydrogen-bond acceptors (Lipinski definition) is 4. The zero-order chi connectivity index (χ0) is 19.0. The average Bonchev–Trinajstić information content (AvgIpc) is 2.60. The number of aryl methyl sites for hydroxylation is 1. The molecular weight excluding hydrogens is 347 g/mol. The Morgan fingerprint density at radius 2 is 1.92 bits per heavy atom. The summed E-state index contributed by atoms with van der Waals surface area (Å²) in [5, 5.41) is 3.09. The maximum absolute atomic E-state index is 12.7. The predicted molar refractivity (Wildman–Crippen MR) is 98.8 cm³/mol. The van der Waals surface area contributed by atoms with Gasteiger partial charge in [-0.15, -0.1) is 11.8 Å². The second-order valence-corrected chi connectivity index (χ2v) is 5.61. The Kier molecular flexibility index (Phi) is 7.96. The molecule has 0 spiro atoms. The highest BCUT2D eigenvalue weighted by molar-refractivity contribution is 7.98. The van der Waals surface area contributed by atoms with Gasteiger partial charge in [0, 0.05) is 6.54 Å². The van der Waals surface area contributed by atoms with Gasteiger partial charge in [-0.25, -0.2) is 9.97 Å². The smallest absolute Gasteiger partial charge is 0.365 e. The first-order valence-electron chi connectivity index (χ1n) is 7.80. The van der Waals surface area contributed by atoms with Crippen molar-refractivity contribution in [2.75, 3.05) is 11.6 Å². The van der Waals surface area contributed by atoms with Gasteiger partial charge in [0.05, 0.1) is 16.2 Å². The van der Waals surface area contributed by atoms with E-state index in [9.17, 15) is 13.2 Å². The number of hydrogen-bond donors (Lipinski definition) is 1. The van der Waals surface area contributed by atoms with Crippen molar-refractivity contribution in [1.29, 1.82) is 0 Å². The van der Waals surface area contributed by atoms with E-state index in [4.69, 9.17) is 0 Å². The summed E-state index contributed by atoms with van der Waals surface area (Å²) in [7, 11) is 0. The molecule has 0 aliphatic carbocycles. The van der Waals surface area contributed by atoms with Crippen LogP contribution in [0.25, 0.3) is 6.08 Å². The second-order valence-electron chi connectivity index (χ2n) is 4.79. The van der Waals surface area contributed by atoms with Crippen LogP contribution in [0.5, 0.6) is 0 Å². The molecule has 1 aromatic heterocycles. The molecule has 0 radical (unpaired) electrons. The van der Waals surface area contributed by atoms with Crippen molar-refractivity contribution in [3.63, 3.8) is 0 Å². The molecule has 3 nitrogen and oxygen atoms in total. The van der Waals surface area contributed by atoms with Crippen molar-refractivity contribution in [3.8, 4) is 0 Å². The number of nitrogens with zero attached hydrogens (tertiary/aromatic N) is 2. The van der Waals surface area contributed by atoms with Crippen LogP contribution in [0.15, 0.2) is 35.7 Å². The second kappa shape index (κ2) is 9.46. The zero-order valence-corrected chi connectivity index (χ0v) is 15.6. The minimum Gasteiger partial charge on any atom is -0.365 e. The van der Waals surface area contributed by atoms with Gasteiger partial charge in [-0.05, 0) is 37.0 Å². The van der Waals surface area contributed by atoms with E-state index in [1.165, 1.54) is 17.8 Å². The summed E-state index contributed by atoms with van der Waals surface area (Å²) >= 11 is 1.46. The van der Waals surface area contributed by atoms with Crippen LogP contribution < -0.4 is 5.32 Å². The third-order valence-electron chi connectivity index (χ3n) is 3.12. The monoisotopic (exact) mass is 369 g/mol. The standard InChI is InChI=1S/C16H16F3N3S.C2H6/c1-4-13-14(23-3)15(22-10(2)21-13)20-9-11-6-5-7-12(8-11)16(17,18)19;1-2/h4-8H,1,9H2,2-3H3,(H,20,21,22);1-2H3. The summed E-state index contributed by atoms with van der Waals surface area (Å²) in [5.41, 5.74) is 0.576. The third-order valence-corrected chi connectivity index (χ3v) is 3.93. The van der Waals surface area contributed by atoms with Crippen LogP contribution in [-0.4, -0.2) is 16.2 Å². The topological polar surface area (TPSA) is 37.8 Å². The lowest BCUT2D eigenvalue weighted by atomic mass is 10.1. The molecule has 2 aromatic rings. The number of rotatable bonds is 5. The molecule has 7 heteroatoms. The highest BCUT2D eigenvalue weighted by Gasteiger charge is 2.30. The van der Waals surface area contributed by atoms with E-state index in [0.717, 1.165) is 17.0 Å². The summed E-state index contributed by atoms with van der Waals surface area (Å²) in [6.07, 6.45) is -0.825. The number of anilines is 1. The van der Waals surface area contributed by atoms with E-state index < -0.39 is 11.7 Å². The lowest BCUT2D eigenvalue weighted by Crippen LogP contribution is -2.09. The van der Waals surface area contributed by atoms with Gasteiger partial charge in [0.2, 0.25) is 0 Å². The van der Waals surface area contributed by atoms with E-state index in [2.05, 4.69) is 21.9 Å². The number of halogens is 3. The molecule has 1 N–H and O–H groups in total. The molecule has 0 aliphatic rings. The fraction of sp³-hybridized carbons (Fsp3) is 0.333. The van der Waals surface area contributed by atoms with E-state index in [1.54, 1.807) is 19.1 Å². The molecule has 1 aromatic carbocycles. The number of nitrogens with one attached hydrogen (secondary N) is 1. The highest BCUT2D eigenvalue weighted by Crippen LogP contribution is 2.30. The van der Waals surface area contributed by atoms with Gasteiger partial charge in [-0.1, -0.05) is 32.6 Å². The molecule has 2 rings (SSSR count). The lowest BCUT2D eigenvalue weighted by molar-refractivity contribution is -0.137. The molecule has 0 unspecified atom stereocenters. The van der Waals surface area contributed by atoms with Crippen molar-refractivity contribution in [1.82, 2.24) is 9.97 Å². The molecule has 0 atom stereocenters. The molecule has 136 valence electrons. The third kappa shape index (κ3) is 5.77. The fourth-order valence-electron chi connectivity index (χ4n) is 2.09. The predicted octanol–water partition coefficient (Wildman–Crippen LogP) is 5.81. The van der Waals surface area contributed by atoms with Gasteiger partial charge in [-0.2, -0.15) is 13.2 Å². The van der Waals surface area contributed by atoms with Crippen LogP contribution in [-0.2, 0) is 12.7 Å². The maximum atomic E-state index is 12.7. The summed E-state index contributed by atoms with van der Waals surface area (Å²) in [6, 6.07) is 5.23. The Morgan fingerprint density at radius 1 is 1.24 bits per heavy atom. The van der Waals surface area contributed by atoms with Crippen molar-refractivity contribution < 1.29 is 13.2 Å². The van der Waals surface area contributed by atoms with Gasteiger partial charge in [0.25, 0.3) is 0 Å². The molecule has 25 heavy (non-hydrogen) atoms. The fourth-order valence-corrected chi connectivity index (χ4v) is 2.74. The Labute approximate surface area is 150 Å². The molecular formula is C18H22F3N3S. The van der Waals surface area contributed by atoms with Gasteiger partial charge in [-0.3, -0.25) is 0 Å². The summed E-state index contributed by atoms with van der Waals surface area (Å²) < 4.78 is 38.2. The Bertz CT molecular complexity index is 715. The van der Waals surface area contributed by atoms with Crippen molar-refractivity contribution in [2.45, 2.75) is 38.4 Å². The van der Waals surface area contributed by atoms with E-state index in [1.807, 2.05) is 20.1 Å². The summed E-state index contributed by atoms with van der Waals surface area (Å²) in [5.74, 6) is 1.17. The highest BCUT2D eigenvalue weighted by atomic mass is 32.2. The van der Waals surface area contributed by atoms with Crippen molar-refractivity contribution in [2.24, 2.45) is 0 Å². The lowest BCUT2D eigenvalue weighted by Gasteiger charge is -2.13. The summed E-state index contributed by atoms with van der Waals surface area (Å²) in [6.45, 7) is 9.72. The molecule has 0 aliphatic heterocycles. The normalized spacial score (nSPS) is 10.7. The van der Waals surface area contributed by atoms with Crippen LogP contribution in [0.2, 0.25) is 0 Å². The first-order valence-corrected chi connectivity index (χ1v) is 9.02. The zero-order valence-electron chi connectivity index (χ0n) is 14.7. The van der Waals surface area contributed by atoms with Crippen molar-refractivity contribution >= 4 is 23.7 Å². The quantitative estimate of drug-likeness (QED) is 0.675. The average molecular weight is 369 g/mol. The van der Waals surface area contributed by atoms with E-state index in [0.29, 0.717) is 22.9 Å². The van der Waals surface area contributed by atoms with Gasteiger partial charge in [0.15, 0.2) is 0 Å². The molecule has 0 bridgehead atoms. The van der Waals surface area contributed by atoms with Gasteiger partial charge < -0.3 is 5.32 Å². The minimum atomic E-state index is -4.35. The molecule has 0 fully saturated rings. The minimum absolute atomic E-state index is 0.241. The van der Waals surface area contributed by atoms with Crippen LogP contribution >= 0.6 is 11.8 Å². The van der Waals surface area contributed by atoms with Gasteiger partial charge in [0.1, 0.15) is 11.6 Å². The molecule has 1 heterocycles. The van der Waals surface area contributed by atoms with E-state index in [-0.39, 0.29) is 6.54 Å². The molecule has 0 saturated heterocycles. The summed E-state index contributed by atoms with van der Waals surface area (Å²) in [4.78, 5) is 9.43. The maximum Gasteiger partial charge on any atom is 0.416 e. The first-order chi connectivity index (χ1) is 11.8. The Balaban J connectivity index is 0.00000151. The first kappa shape index (κ1) is 21.0. The van der Waals surface area contributed by atoms with E-state index >= 15 is 0 Å². The number of benzene rings is 1. The molecule has 0 amide bonds. The van der Waals surface area contributed by atoms with Crippen LogP contribution in [0.4, 0.5) is 19.0 Å². The largest absolute Gasteiger partial charge is 0.416 e. The van der Waals surface area contributed by atoms with Crippen LogP contribution in [0.1, 0.15) is 36.5 Å². The SMILES string of the molecule is C=Cc1nc(C)nc(NCc2cccc(C(F)(F)F)c2)c1SC.CC. The van der Waals surface area contributed by atoms with Gasteiger partial charge >= 0.3 is 6.18 Å². The van der Waals surface area contributed by atoms with Crippen LogP contribution in [0, 0.1) is 6.92 Å². The number of aromatic nitrogens is 2. The Morgan fingerprint density at radius 3 is 2.48 bits per heavy atom. The Hall–Kier alpha value is -2.02. The van der Waals surface area contributed by atoms with Crippen molar-refractivity contribution in [3.05, 3.63) is 53.5 Å².